The highest BCUT2D eigenvalue weighted by Crippen LogP contribution is 2.31. The van der Waals surface area contributed by atoms with Gasteiger partial charge in [-0.05, 0) is 31.5 Å². The lowest BCUT2D eigenvalue weighted by molar-refractivity contribution is -0.121. The quantitative estimate of drug-likeness (QED) is 0.817. The van der Waals surface area contributed by atoms with E-state index in [-0.39, 0.29) is 11.9 Å². The number of piperidine rings is 1. The van der Waals surface area contributed by atoms with E-state index in [0.717, 1.165) is 30.8 Å². The van der Waals surface area contributed by atoms with Crippen LogP contribution in [0.4, 0.5) is 5.69 Å². The van der Waals surface area contributed by atoms with Gasteiger partial charge in [-0.2, -0.15) is 0 Å². The smallest absolute Gasteiger partial charge is 0.244 e. The average molecular weight is 246 g/mol. The van der Waals surface area contributed by atoms with Crippen LogP contribution in [0.5, 0.6) is 5.75 Å². The summed E-state index contributed by atoms with van der Waals surface area (Å²) in [6.07, 6.45) is 3.25. The summed E-state index contributed by atoms with van der Waals surface area (Å²) in [6.45, 7) is 2.17. The van der Waals surface area contributed by atoms with Gasteiger partial charge < -0.3 is 15.0 Å². The van der Waals surface area contributed by atoms with E-state index in [0.29, 0.717) is 13.2 Å². The third kappa shape index (κ3) is 2.08. The molecule has 0 unspecified atom stereocenters. The molecule has 1 aromatic rings. The molecule has 2 heterocycles. The van der Waals surface area contributed by atoms with Gasteiger partial charge in [0.25, 0.3) is 0 Å². The minimum Gasteiger partial charge on any atom is -0.490 e. The lowest BCUT2D eigenvalue weighted by Gasteiger charge is -2.33. The summed E-state index contributed by atoms with van der Waals surface area (Å²) in [4.78, 5) is 14.4. The molecule has 0 saturated carbocycles. The molecular formula is C14H18N2O2. The second-order valence-corrected chi connectivity index (χ2v) is 4.81. The number of hydrogen-bond acceptors (Lipinski definition) is 3. The van der Waals surface area contributed by atoms with Crippen LogP contribution in [-0.4, -0.2) is 31.6 Å². The molecular weight excluding hydrogens is 228 g/mol. The van der Waals surface area contributed by atoms with Gasteiger partial charge in [0.15, 0.2) is 0 Å². The van der Waals surface area contributed by atoms with E-state index >= 15 is 0 Å². The number of hydrogen-bond donors (Lipinski definition) is 1. The van der Waals surface area contributed by atoms with Crippen molar-refractivity contribution < 1.29 is 9.53 Å². The number of anilines is 1. The normalized spacial score (nSPS) is 23.1. The van der Waals surface area contributed by atoms with Crippen molar-refractivity contribution in [1.82, 2.24) is 5.32 Å². The zero-order chi connectivity index (χ0) is 12.4. The van der Waals surface area contributed by atoms with E-state index in [4.69, 9.17) is 4.74 Å². The van der Waals surface area contributed by atoms with Gasteiger partial charge in [-0.15, -0.1) is 0 Å². The van der Waals surface area contributed by atoms with Gasteiger partial charge in [0, 0.05) is 0 Å². The van der Waals surface area contributed by atoms with Gasteiger partial charge in [-0.3, -0.25) is 4.79 Å². The Morgan fingerprint density at radius 2 is 2.22 bits per heavy atom. The van der Waals surface area contributed by atoms with Crippen molar-refractivity contribution in [3.05, 3.63) is 24.3 Å². The van der Waals surface area contributed by atoms with E-state index in [2.05, 4.69) is 5.32 Å². The molecule has 1 amide bonds. The first-order valence-electron chi connectivity index (χ1n) is 6.63. The number of benzene rings is 1. The predicted octanol–water partition coefficient (Wildman–Crippen LogP) is 1.55. The molecule has 0 spiro atoms. The molecule has 0 bridgehead atoms. The van der Waals surface area contributed by atoms with Gasteiger partial charge in [0.1, 0.15) is 12.4 Å². The fourth-order valence-corrected chi connectivity index (χ4v) is 2.65. The van der Waals surface area contributed by atoms with Crippen LogP contribution in [0.2, 0.25) is 0 Å². The van der Waals surface area contributed by atoms with Crippen molar-refractivity contribution in [3.63, 3.8) is 0 Å². The maximum Gasteiger partial charge on any atom is 0.244 e. The Labute approximate surface area is 107 Å². The van der Waals surface area contributed by atoms with Crippen LogP contribution in [0.3, 0.4) is 0 Å². The number of nitrogens with one attached hydrogen (secondary N) is 1. The fourth-order valence-electron chi connectivity index (χ4n) is 2.65. The molecule has 4 nitrogen and oxygen atoms in total. The minimum atomic E-state index is -0.0232. The Balaban J connectivity index is 1.82. The minimum absolute atomic E-state index is 0.0232. The van der Waals surface area contributed by atoms with E-state index in [1.807, 2.05) is 29.2 Å². The molecule has 1 atom stereocenters. The fraction of sp³-hybridized carbons (Fsp3) is 0.500. The predicted molar refractivity (Wildman–Crippen MR) is 69.9 cm³/mol. The van der Waals surface area contributed by atoms with E-state index in [1.165, 1.54) is 6.42 Å². The van der Waals surface area contributed by atoms with Crippen LogP contribution in [0.1, 0.15) is 19.3 Å². The van der Waals surface area contributed by atoms with Crippen molar-refractivity contribution >= 4 is 11.6 Å². The monoisotopic (exact) mass is 246 g/mol. The number of para-hydroxylation sites is 2. The van der Waals surface area contributed by atoms with Gasteiger partial charge >= 0.3 is 0 Å². The lowest BCUT2D eigenvalue weighted by atomic mass is 10.0. The average Bonchev–Trinajstić information content (AvgIpc) is 2.47. The third-order valence-electron chi connectivity index (χ3n) is 3.60. The van der Waals surface area contributed by atoms with Crippen molar-refractivity contribution in [3.8, 4) is 5.75 Å². The standard InChI is InChI=1S/C14H18N2O2/c17-14(11-5-3-4-8-15-11)16-9-10-18-13-7-2-1-6-12(13)16/h1-2,6-7,11,15H,3-5,8-10H2/t11-/m1/s1. The molecule has 1 fully saturated rings. The van der Waals surface area contributed by atoms with Crippen molar-refractivity contribution in [1.29, 1.82) is 0 Å². The maximum atomic E-state index is 12.5. The maximum absolute atomic E-state index is 12.5. The van der Waals surface area contributed by atoms with Gasteiger partial charge in [-0.1, -0.05) is 18.6 Å². The second-order valence-electron chi connectivity index (χ2n) is 4.81. The number of carbonyl (C=O) groups is 1. The Bertz CT molecular complexity index is 441. The van der Waals surface area contributed by atoms with Crippen LogP contribution in [0, 0.1) is 0 Å². The summed E-state index contributed by atoms with van der Waals surface area (Å²) in [5, 5.41) is 3.31. The Kier molecular flexibility index (Phi) is 3.19. The van der Waals surface area contributed by atoms with Crippen LogP contribution >= 0.6 is 0 Å². The highest BCUT2D eigenvalue weighted by molar-refractivity contribution is 5.98. The van der Waals surface area contributed by atoms with Crippen LogP contribution in [0.15, 0.2) is 24.3 Å². The molecule has 0 aromatic heterocycles. The topological polar surface area (TPSA) is 41.6 Å². The third-order valence-corrected chi connectivity index (χ3v) is 3.60. The molecule has 1 saturated heterocycles. The summed E-state index contributed by atoms with van der Waals surface area (Å²) in [5.41, 5.74) is 0.904. The molecule has 1 N–H and O–H groups in total. The zero-order valence-electron chi connectivity index (χ0n) is 10.4. The Morgan fingerprint density at radius 1 is 1.33 bits per heavy atom. The molecule has 0 radical (unpaired) electrons. The van der Waals surface area contributed by atoms with Crippen LogP contribution < -0.4 is 15.0 Å². The van der Waals surface area contributed by atoms with Crippen LogP contribution in [-0.2, 0) is 4.79 Å². The van der Waals surface area contributed by atoms with Gasteiger partial charge in [-0.25, -0.2) is 0 Å². The highest BCUT2D eigenvalue weighted by atomic mass is 16.5. The number of carbonyl (C=O) groups excluding carboxylic acids is 1. The number of fused-ring (bicyclic) bond motifs is 1. The first kappa shape index (κ1) is 11.5. The number of ether oxygens (including phenoxy) is 1. The van der Waals surface area contributed by atoms with E-state index < -0.39 is 0 Å². The van der Waals surface area contributed by atoms with Crippen molar-refractivity contribution in [2.24, 2.45) is 0 Å². The molecule has 18 heavy (non-hydrogen) atoms. The van der Waals surface area contributed by atoms with Gasteiger partial charge in [0.05, 0.1) is 18.3 Å². The summed E-state index contributed by atoms with van der Waals surface area (Å²) in [5.74, 6) is 0.998. The van der Waals surface area contributed by atoms with E-state index in [1.54, 1.807) is 0 Å². The molecule has 2 aliphatic heterocycles. The molecule has 4 heteroatoms. The Hall–Kier alpha value is -1.55. The van der Waals surface area contributed by atoms with E-state index in [9.17, 15) is 4.79 Å². The highest BCUT2D eigenvalue weighted by Gasteiger charge is 2.29. The zero-order valence-corrected chi connectivity index (χ0v) is 10.4. The van der Waals surface area contributed by atoms with Gasteiger partial charge in [0.2, 0.25) is 5.91 Å². The first-order valence-corrected chi connectivity index (χ1v) is 6.63. The number of nitrogens with zero attached hydrogens (tertiary/aromatic N) is 1. The molecule has 2 aliphatic rings. The molecule has 3 rings (SSSR count). The summed E-state index contributed by atoms with van der Waals surface area (Å²) in [6, 6.07) is 7.73. The van der Waals surface area contributed by atoms with Crippen molar-refractivity contribution in [2.75, 3.05) is 24.6 Å². The molecule has 1 aromatic carbocycles. The Morgan fingerprint density at radius 3 is 3.06 bits per heavy atom. The molecule has 0 aliphatic carbocycles. The number of amides is 1. The largest absolute Gasteiger partial charge is 0.490 e. The lowest BCUT2D eigenvalue weighted by Crippen LogP contribution is -2.50. The first-order chi connectivity index (χ1) is 8.86. The second kappa shape index (κ2) is 4.98. The van der Waals surface area contributed by atoms with Crippen LogP contribution in [0.25, 0.3) is 0 Å². The molecule has 96 valence electrons. The summed E-state index contributed by atoms with van der Waals surface area (Å²) < 4.78 is 5.58. The summed E-state index contributed by atoms with van der Waals surface area (Å²) >= 11 is 0. The summed E-state index contributed by atoms with van der Waals surface area (Å²) in [7, 11) is 0. The van der Waals surface area contributed by atoms with Crippen molar-refractivity contribution in [2.45, 2.75) is 25.3 Å². The SMILES string of the molecule is O=C([C@H]1CCCCN1)N1CCOc2ccccc21. The number of rotatable bonds is 1.